The van der Waals surface area contributed by atoms with Gasteiger partial charge in [0.25, 0.3) is 0 Å². The van der Waals surface area contributed by atoms with E-state index in [-0.39, 0.29) is 0 Å². The first-order valence-corrected chi connectivity index (χ1v) is 6.94. The number of hydrogen-bond acceptors (Lipinski definition) is 5. The van der Waals surface area contributed by atoms with Crippen molar-refractivity contribution in [2.75, 3.05) is 13.4 Å². The predicted molar refractivity (Wildman–Crippen MR) is 74.6 cm³/mol. The predicted octanol–water partition coefficient (Wildman–Crippen LogP) is 2.52. The SMILES string of the molecule is COc1cc(SC)ccc1-c1cn2nnccc2n1. The molecule has 3 aromatic rings. The first kappa shape index (κ1) is 12.0. The lowest BCUT2D eigenvalue weighted by molar-refractivity contribution is 0.415. The third-order valence-corrected chi connectivity index (χ3v) is 3.56. The molecule has 2 heterocycles. The maximum atomic E-state index is 5.44. The molecule has 5 nitrogen and oxygen atoms in total. The van der Waals surface area contributed by atoms with Crippen LogP contribution in [0.2, 0.25) is 0 Å². The summed E-state index contributed by atoms with van der Waals surface area (Å²) in [6.45, 7) is 0. The molecule has 0 radical (unpaired) electrons. The molecular weight excluding hydrogens is 260 g/mol. The average molecular weight is 272 g/mol. The Hall–Kier alpha value is -2.08. The van der Waals surface area contributed by atoms with Crippen molar-refractivity contribution in [3.63, 3.8) is 0 Å². The van der Waals surface area contributed by atoms with E-state index in [9.17, 15) is 0 Å². The summed E-state index contributed by atoms with van der Waals surface area (Å²) in [4.78, 5) is 5.68. The van der Waals surface area contributed by atoms with Crippen LogP contribution in [0.5, 0.6) is 5.75 Å². The van der Waals surface area contributed by atoms with Crippen LogP contribution in [-0.4, -0.2) is 33.2 Å². The van der Waals surface area contributed by atoms with Gasteiger partial charge in [0.2, 0.25) is 0 Å². The summed E-state index contributed by atoms with van der Waals surface area (Å²) < 4.78 is 7.09. The molecule has 3 rings (SSSR count). The number of rotatable bonds is 3. The minimum absolute atomic E-state index is 0.765. The van der Waals surface area contributed by atoms with E-state index in [1.54, 1.807) is 29.6 Å². The van der Waals surface area contributed by atoms with Gasteiger partial charge in [-0.2, -0.15) is 0 Å². The van der Waals surface area contributed by atoms with Gasteiger partial charge in [0, 0.05) is 16.5 Å². The lowest BCUT2D eigenvalue weighted by Gasteiger charge is -2.07. The summed E-state index contributed by atoms with van der Waals surface area (Å²) in [5.41, 5.74) is 2.54. The molecule has 0 aliphatic heterocycles. The van der Waals surface area contributed by atoms with E-state index >= 15 is 0 Å². The standard InChI is InChI=1S/C13H12N4OS/c1-18-12-7-9(19-2)3-4-10(12)11-8-17-13(15-11)5-6-14-16-17/h3-8H,1-2H3. The zero-order chi connectivity index (χ0) is 13.2. The molecule has 2 aromatic heterocycles. The van der Waals surface area contributed by atoms with Crippen molar-refractivity contribution in [3.8, 4) is 17.0 Å². The Morgan fingerprint density at radius 3 is 2.89 bits per heavy atom. The van der Waals surface area contributed by atoms with Gasteiger partial charge in [0.1, 0.15) is 5.75 Å². The number of benzene rings is 1. The van der Waals surface area contributed by atoms with Gasteiger partial charge in [-0.15, -0.1) is 16.9 Å². The number of aromatic nitrogens is 4. The normalized spacial score (nSPS) is 10.8. The van der Waals surface area contributed by atoms with Gasteiger partial charge in [0.15, 0.2) is 5.65 Å². The highest BCUT2D eigenvalue weighted by molar-refractivity contribution is 7.98. The third kappa shape index (κ3) is 2.15. The highest BCUT2D eigenvalue weighted by Crippen LogP contribution is 2.32. The third-order valence-electron chi connectivity index (χ3n) is 2.84. The van der Waals surface area contributed by atoms with Gasteiger partial charge in [-0.05, 0) is 24.5 Å². The minimum atomic E-state index is 0.765. The molecular formula is C13H12N4OS. The smallest absolute Gasteiger partial charge is 0.157 e. The summed E-state index contributed by atoms with van der Waals surface area (Å²) in [7, 11) is 1.67. The van der Waals surface area contributed by atoms with Crippen LogP contribution in [0.15, 0.2) is 41.6 Å². The summed E-state index contributed by atoms with van der Waals surface area (Å²) >= 11 is 1.68. The number of fused-ring (bicyclic) bond motifs is 1. The van der Waals surface area contributed by atoms with Gasteiger partial charge in [0.05, 0.1) is 25.2 Å². The Bertz CT molecular complexity index is 692. The Kier molecular flexibility index (Phi) is 3.08. The van der Waals surface area contributed by atoms with E-state index in [1.165, 1.54) is 0 Å². The summed E-state index contributed by atoms with van der Waals surface area (Å²) in [6, 6.07) is 7.90. The summed E-state index contributed by atoms with van der Waals surface area (Å²) in [5.74, 6) is 0.809. The molecule has 0 N–H and O–H groups in total. The maximum absolute atomic E-state index is 5.44. The first-order chi connectivity index (χ1) is 9.31. The molecule has 0 atom stereocenters. The lowest BCUT2D eigenvalue weighted by atomic mass is 10.1. The van der Waals surface area contributed by atoms with Gasteiger partial charge in [-0.3, -0.25) is 0 Å². The number of ether oxygens (including phenoxy) is 1. The van der Waals surface area contributed by atoms with Crippen LogP contribution < -0.4 is 4.74 Å². The molecule has 0 unspecified atom stereocenters. The largest absolute Gasteiger partial charge is 0.496 e. The number of methoxy groups -OCH3 is 1. The lowest BCUT2D eigenvalue weighted by Crippen LogP contribution is -1.90. The van der Waals surface area contributed by atoms with Gasteiger partial charge in [-0.25, -0.2) is 9.50 Å². The Balaban J connectivity index is 2.15. The molecule has 6 heteroatoms. The van der Waals surface area contributed by atoms with Crippen molar-refractivity contribution in [2.24, 2.45) is 0 Å². The molecule has 96 valence electrons. The minimum Gasteiger partial charge on any atom is -0.496 e. The van der Waals surface area contributed by atoms with Crippen molar-refractivity contribution < 1.29 is 4.74 Å². The highest BCUT2D eigenvalue weighted by atomic mass is 32.2. The Morgan fingerprint density at radius 2 is 2.16 bits per heavy atom. The van der Waals surface area contributed by atoms with E-state index in [0.717, 1.165) is 27.5 Å². The first-order valence-electron chi connectivity index (χ1n) is 5.71. The van der Waals surface area contributed by atoms with Crippen molar-refractivity contribution in [3.05, 3.63) is 36.7 Å². The Labute approximate surface area is 114 Å². The van der Waals surface area contributed by atoms with Crippen LogP contribution >= 0.6 is 11.8 Å². The molecule has 0 aliphatic rings. The quantitative estimate of drug-likeness (QED) is 0.686. The topological polar surface area (TPSA) is 52.3 Å². The zero-order valence-electron chi connectivity index (χ0n) is 10.6. The van der Waals surface area contributed by atoms with Crippen LogP contribution in [0, 0.1) is 0 Å². The molecule has 0 aliphatic carbocycles. The van der Waals surface area contributed by atoms with E-state index in [2.05, 4.69) is 21.4 Å². The highest BCUT2D eigenvalue weighted by Gasteiger charge is 2.11. The van der Waals surface area contributed by atoms with Crippen molar-refractivity contribution >= 4 is 17.4 Å². The van der Waals surface area contributed by atoms with Crippen LogP contribution in [0.25, 0.3) is 16.9 Å². The van der Waals surface area contributed by atoms with Crippen LogP contribution in [-0.2, 0) is 0 Å². The van der Waals surface area contributed by atoms with Crippen molar-refractivity contribution in [1.29, 1.82) is 0 Å². The van der Waals surface area contributed by atoms with Gasteiger partial charge >= 0.3 is 0 Å². The van der Waals surface area contributed by atoms with E-state index in [1.807, 2.05) is 30.7 Å². The second-order valence-electron chi connectivity index (χ2n) is 3.92. The number of imidazole rings is 1. The maximum Gasteiger partial charge on any atom is 0.157 e. The van der Waals surface area contributed by atoms with Crippen molar-refractivity contribution in [2.45, 2.75) is 4.90 Å². The molecule has 0 saturated heterocycles. The number of nitrogens with zero attached hydrogens (tertiary/aromatic N) is 4. The Morgan fingerprint density at radius 1 is 1.26 bits per heavy atom. The molecule has 0 saturated carbocycles. The fourth-order valence-corrected chi connectivity index (χ4v) is 2.33. The molecule has 1 aromatic carbocycles. The fourth-order valence-electron chi connectivity index (χ4n) is 1.90. The van der Waals surface area contributed by atoms with E-state index in [4.69, 9.17) is 4.74 Å². The van der Waals surface area contributed by atoms with E-state index in [0.29, 0.717) is 0 Å². The average Bonchev–Trinajstić information content (AvgIpc) is 2.90. The number of thioether (sulfide) groups is 1. The van der Waals surface area contributed by atoms with E-state index < -0.39 is 0 Å². The van der Waals surface area contributed by atoms with Crippen LogP contribution in [0.1, 0.15) is 0 Å². The molecule has 0 amide bonds. The molecule has 0 spiro atoms. The van der Waals surface area contributed by atoms with Gasteiger partial charge in [-0.1, -0.05) is 5.21 Å². The number of hydrogen-bond donors (Lipinski definition) is 0. The van der Waals surface area contributed by atoms with Crippen LogP contribution in [0.4, 0.5) is 0 Å². The summed E-state index contributed by atoms with van der Waals surface area (Å²) in [5, 5.41) is 7.80. The van der Waals surface area contributed by atoms with Crippen LogP contribution in [0.3, 0.4) is 0 Å². The monoisotopic (exact) mass is 272 g/mol. The fraction of sp³-hybridized carbons (Fsp3) is 0.154. The second kappa shape index (κ2) is 4.89. The molecule has 0 fully saturated rings. The molecule has 0 bridgehead atoms. The second-order valence-corrected chi connectivity index (χ2v) is 4.80. The van der Waals surface area contributed by atoms with Gasteiger partial charge < -0.3 is 4.74 Å². The summed E-state index contributed by atoms with van der Waals surface area (Å²) in [6.07, 6.45) is 5.51. The molecule has 19 heavy (non-hydrogen) atoms. The zero-order valence-corrected chi connectivity index (χ0v) is 11.4. The van der Waals surface area contributed by atoms with Crippen molar-refractivity contribution in [1.82, 2.24) is 19.8 Å².